The predicted octanol–water partition coefficient (Wildman–Crippen LogP) is 3.21. The molecule has 4 heterocycles. The van der Waals surface area contributed by atoms with Gasteiger partial charge in [0.15, 0.2) is 0 Å². The first-order valence-corrected chi connectivity index (χ1v) is 11.1. The molecule has 5 rings (SSSR count). The molecular formula is C26H24FN5O2. The summed E-state index contributed by atoms with van der Waals surface area (Å²) in [6.07, 6.45) is 0.133. The first-order valence-electron chi connectivity index (χ1n) is 11.1. The molecule has 3 atom stereocenters. The number of halogens is 1. The largest absolute Gasteiger partial charge is 0.381 e. The Labute approximate surface area is 196 Å². The molecule has 0 aliphatic carbocycles. The van der Waals surface area contributed by atoms with Crippen LogP contribution < -0.4 is 5.32 Å². The first-order chi connectivity index (χ1) is 16.4. The number of fused-ring (bicyclic) bond motifs is 2. The third-order valence-corrected chi connectivity index (χ3v) is 5.81. The molecule has 1 aliphatic rings. The molecule has 4 aromatic rings. The average Bonchev–Trinajstić information content (AvgIpc) is 3.49. The predicted molar refractivity (Wildman–Crippen MR) is 126 cm³/mol. The number of benzene rings is 1. The quantitative estimate of drug-likeness (QED) is 0.410. The van der Waals surface area contributed by atoms with Crippen molar-refractivity contribution in [2.45, 2.75) is 45.1 Å². The van der Waals surface area contributed by atoms with Gasteiger partial charge in [0.1, 0.15) is 24.0 Å². The van der Waals surface area contributed by atoms with Crippen LogP contribution in [0.2, 0.25) is 0 Å². The number of aliphatic hydroxyl groups is 1. The molecule has 172 valence electrons. The summed E-state index contributed by atoms with van der Waals surface area (Å²) in [7, 11) is 0. The van der Waals surface area contributed by atoms with Crippen molar-refractivity contribution < 1.29 is 14.3 Å². The van der Waals surface area contributed by atoms with E-state index in [0.717, 1.165) is 22.3 Å². The van der Waals surface area contributed by atoms with Crippen LogP contribution in [0, 0.1) is 18.8 Å². The summed E-state index contributed by atoms with van der Waals surface area (Å²) in [5, 5.41) is 13.5. The fraction of sp³-hybridized carbons (Fsp3) is 0.269. The molecule has 1 aromatic carbocycles. The Bertz CT molecular complexity index is 1410. The van der Waals surface area contributed by atoms with E-state index < -0.39 is 24.2 Å². The van der Waals surface area contributed by atoms with Crippen LogP contribution in [-0.4, -0.2) is 42.8 Å². The van der Waals surface area contributed by atoms with Crippen molar-refractivity contribution in [2.24, 2.45) is 0 Å². The minimum absolute atomic E-state index is 0.204. The van der Waals surface area contributed by atoms with E-state index in [-0.39, 0.29) is 18.7 Å². The minimum atomic E-state index is -0.968. The maximum absolute atomic E-state index is 14.1. The van der Waals surface area contributed by atoms with Crippen molar-refractivity contribution >= 4 is 16.8 Å². The van der Waals surface area contributed by atoms with Gasteiger partial charge in [0.2, 0.25) is 0 Å². The Morgan fingerprint density at radius 2 is 2.15 bits per heavy atom. The topological polar surface area (TPSA) is 95.8 Å². The van der Waals surface area contributed by atoms with E-state index >= 15 is 0 Å². The standard InChI is InChI=1S/C26H24FN5O2/c1-15-9-17(8-7-16(2)33)10-22(29-15)26(34)31-24(21-11-18-5-3-4-6-20(18)30-21)25-23-12-19(27)13-32(23)14-28-25/h3-6,9-11,14,16,19,24,30,33H,12-13H2,1-2H3,(H,31,34)/t16-,19+,24?/m0/s1. The number of hydrogen-bond donors (Lipinski definition) is 3. The Morgan fingerprint density at radius 1 is 1.32 bits per heavy atom. The van der Waals surface area contributed by atoms with Crippen LogP contribution in [0.15, 0.2) is 48.8 Å². The Morgan fingerprint density at radius 3 is 2.94 bits per heavy atom. The van der Waals surface area contributed by atoms with Crippen LogP contribution in [-0.2, 0) is 13.0 Å². The molecule has 0 radical (unpaired) electrons. The Kier molecular flexibility index (Phi) is 5.64. The number of hydrogen-bond acceptors (Lipinski definition) is 4. The van der Waals surface area contributed by atoms with E-state index in [0.29, 0.717) is 17.0 Å². The number of aromatic amines is 1. The number of aliphatic hydroxyl groups excluding tert-OH is 1. The third kappa shape index (κ3) is 4.30. The van der Waals surface area contributed by atoms with E-state index in [1.165, 1.54) is 0 Å². The van der Waals surface area contributed by atoms with Gasteiger partial charge >= 0.3 is 0 Å². The Hall–Kier alpha value is -3.96. The lowest BCUT2D eigenvalue weighted by molar-refractivity contribution is 0.0936. The number of para-hydroxylation sites is 1. The number of pyridine rings is 1. The molecular weight excluding hydrogens is 433 g/mol. The maximum atomic E-state index is 14.1. The molecule has 0 saturated carbocycles. The molecule has 3 N–H and O–H groups in total. The summed E-state index contributed by atoms with van der Waals surface area (Å²) < 4.78 is 15.9. The van der Waals surface area contributed by atoms with Gasteiger partial charge in [0, 0.05) is 34.6 Å². The van der Waals surface area contributed by atoms with E-state index in [4.69, 9.17) is 0 Å². The van der Waals surface area contributed by atoms with Gasteiger partial charge in [-0.05, 0) is 43.5 Å². The van der Waals surface area contributed by atoms with Crippen LogP contribution in [0.3, 0.4) is 0 Å². The van der Waals surface area contributed by atoms with Crippen LogP contribution in [0.25, 0.3) is 10.9 Å². The number of nitrogens with one attached hydrogen (secondary N) is 2. The SMILES string of the molecule is Cc1cc(C#C[C@H](C)O)cc(C(=O)NC(c2cc3ccccc3[nH]2)c2ncn3c2C[C@@H](F)C3)n1. The highest BCUT2D eigenvalue weighted by Gasteiger charge is 2.31. The molecule has 0 saturated heterocycles. The Balaban J connectivity index is 1.53. The van der Waals surface area contributed by atoms with Crippen molar-refractivity contribution in [2.75, 3.05) is 0 Å². The van der Waals surface area contributed by atoms with Crippen molar-refractivity contribution in [1.29, 1.82) is 0 Å². The highest BCUT2D eigenvalue weighted by Crippen LogP contribution is 2.30. The van der Waals surface area contributed by atoms with Crippen LogP contribution in [0.5, 0.6) is 0 Å². The van der Waals surface area contributed by atoms with Gasteiger partial charge in [0.25, 0.3) is 5.91 Å². The number of H-pyrrole nitrogens is 1. The summed E-state index contributed by atoms with van der Waals surface area (Å²) in [6, 6.07) is 12.5. The molecule has 0 bridgehead atoms. The van der Waals surface area contributed by atoms with E-state index in [9.17, 15) is 14.3 Å². The molecule has 1 unspecified atom stereocenters. The van der Waals surface area contributed by atoms with Crippen molar-refractivity contribution in [3.8, 4) is 11.8 Å². The lowest BCUT2D eigenvalue weighted by atomic mass is 10.1. The molecule has 34 heavy (non-hydrogen) atoms. The van der Waals surface area contributed by atoms with Crippen LogP contribution in [0.1, 0.15) is 51.8 Å². The number of alkyl halides is 1. The number of aryl methyl sites for hydroxylation is 1. The summed E-state index contributed by atoms with van der Waals surface area (Å²) in [6.45, 7) is 3.62. The second-order valence-corrected chi connectivity index (χ2v) is 8.58. The molecule has 3 aromatic heterocycles. The highest BCUT2D eigenvalue weighted by atomic mass is 19.1. The zero-order valence-electron chi connectivity index (χ0n) is 18.8. The van der Waals surface area contributed by atoms with Gasteiger partial charge in [-0.25, -0.2) is 14.4 Å². The van der Waals surface area contributed by atoms with Crippen molar-refractivity contribution in [3.63, 3.8) is 0 Å². The van der Waals surface area contributed by atoms with Gasteiger partial charge in [0.05, 0.1) is 18.6 Å². The van der Waals surface area contributed by atoms with Crippen LogP contribution >= 0.6 is 0 Å². The smallest absolute Gasteiger partial charge is 0.270 e. The molecule has 0 spiro atoms. The van der Waals surface area contributed by atoms with E-state index in [1.54, 1.807) is 36.9 Å². The summed E-state index contributed by atoms with van der Waals surface area (Å²) in [5.41, 5.74) is 4.49. The number of carbonyl (C=O) groups excluding carboxylic acids is 1. The van der Waals surface area contributed by atoms with E-state index in [1.807, 2.05) is 30.3 Å². The number of carbonyl (C=O) groups is 1. The summed E-state index contributed by atoms with van der Waals surface area (Å²) in [5.74, 6) is 5.15. The zero-order valence-corrected chi connectivity index (χ0v) is 18.8. The number of amides is 1. The number of imidazole rings is 1. The van der Waals surface area contributed by atoms with E-state index in [2.05, 4.69) is 32.1 Å². The number of nitrogens with zero attached hydrogens (tertiary/aromatic N) is 3. The lowest BCUT2D eigenvalue weighted by Gasteiger charge is -2.17. The maximum Gasteiger partial charge on any atom is 0.270 e. The monoisotopic (exact) mass is 457 g/mol. The normalized spacial score (nSPS) is 16.5. The number of rotatable bonds is 4. The summed E-state index contributed by atoms with van der Waals surface area (Å²) in [4.78, 5) is 25.6. The molecule has 8 heteroatoms. The van der Waals surface area contributed by atoms with Gasteiger partial charge in [-0.2, -0.15) is 0 Å². The summed E-state index contributed by atoms with van der Waals surface area (Å²) >= 11 is 0. The second-order valence-electron chi connectivity index (χ2n) is 8.58. The zero-order chi connectivity index (χ0) is 23.8. The van der Waals surface area contributed by atoms with Gasteiger partial charge in [-0.3, -0.25) is 4.79 Å². The minimum Gasteiger partial charge on any atom is -0.381 e. The van der Waals surface area contributed by atoms with Gasteiger partial charge in [-0.15, -0.1) is 0 Å². The lowest BCUT2D eigenvalue weighted by Crippen LogP contribution is -2.31. The second kappa shape index (κ2) is 8.76. The van der Waals surface area contributed by atoms with Gasteiger partial charge < -0.3 is 20.0 Å². The first kappa shape index (κ1) is 21.9. The fourth-order valence-electron chi connectivity index (χ4n) is 4.33. The third-order valence-electron chi connectivity index (χ3n) is 5.81. The van der Waals surface area contributed by atoms with Gasteiger partial charge in [-0.1, -0.05) is 30.0 Å². The molecule has 0 fully saturated rings. The fourth-order valence-corrected chi connectivity index (χ4v) is 4.33. The van der Waals surface area contributed by atoms with Crippen LogP contribution in [0.4, 0.5) is 4.39 Å². The average molecular weight is 458 g/mol. The van der Waals surface area contributed by atoms with Crippen molar-refractivity contribution in [1.82, 2.24) is 24.8 Å². The molecule has 1 aliphatic heterocycles. The number of aromatic nitrogens is 4. The highest BCUT2D eigenvalue weighted by molar-refractivity contribution is 5.93. The molecule has 1 amide bonds. The van der Waals surface area contributed by atoms with Crippen molar-refractivity contribution in [3.05, 3.63) is 82.8 Å². The molecule has 7 nitrogen and oxygen atoms in total.